The van der Waals surface area contributed by atoms with Crippen molar-refractivity contribution in [1.29, 1.82) is 0 Å². The maximum atomic E-state index is 13.4. The van der Waals surface area contributed by atoms with Gasteiger partial charge in [0.15, 0.2) is 0 Å². The van der Waals surface area contributed by atoms with Gasteiger partial charge in [-0.2, -0.15) is 0 Å². The highest BCUT2D eigenvalue weighted by Gasteiger charge is 2.29. The molecule has 0 spiro atoms. The van der Waals surface area contributed by atoms with Crippen molar-refractivity contribution in [2.75, 3.05) is 0 Å². The molecule has 0 bridgehead atoms. The van der Waals surface area contributed by atoms with Gasteiger partial charge in [0.1, 0.15) is 5.56 Å². The number of hydrogen-bond acceptors (Lipinski definition) is 3. The number of hydrogen-bond donors (Lipinski definition) is 1. The van der Waals surface area contributed by atoms with Crippen LogP contribution in [0, 0.1) is 20.8 Å². The summed E-state index contributed by atoms with van der Waals surface area (Å²) in [5.41, 5.74) is 3.39. The molecule has 2 aromatic rings. The third kappa shape index (κ3) is 3.71. The summed E-state index contributed by atoms with van der Waals surface area (Å²) in [5.74, 6) is -0.176. The van der Waals surface area contributed by atoms with Crippen molar-refractivity contribution >= 4 is 5.91 Å². The summed E-state index contributed by atoms with van der Waals surface area (Å²) in [5, 5.41) is 0. The third-order valence-electron chi connectivity index (χ3n) is 5.58. The number of aryl methyl sites for hydroxylation is 1. The minimum absolute atomic E-state index is 0.165. The molecule has 5 nitrogen and oxygen atoms in total. The van der Waals surface area contributed by atoms with E-state index >= 15 is 0 Å². The van der Waals surface area contributed by atoms with Crippen LogP contribution in [0.5, 0.6) is 0 Å². The highest BCUT2D eigenvalue weighted by atomic mass is 16.2. The minimum atomic E-state index is -0.294. The first-order valence-corrected chi connectivity index (χ1v) is 9.40. The summed E-state index contributed by atoms with van der Waals surface area (Å²) in [6, 6.07) is 5.90. The van der Waals surface area contributed by atoms with Gasteiger partial charge in [0, 0.05) is 17.9 Å². The molecule has 1 amide bonds. The smallest absolute Gasteiger partial charge is 0.261 e. The van der Waals surface area contributed by atoms with E-state index in [2.05, 4.69) is 9.97 Å². The first-order valence-electron chi connectivity index (χ1n) is 9.40. The number of aromatic nitrogens is 2. The van der Waals surface area contributed by atoms with E-state index in [4.69, 9.17) is 0 Å². The fraction of sp³-hybridized carbons (Fsp3) is 0.476. The maximum absolute atomic E-state index is 13.4. The summed E-state index contributed by atoms with van der Waals surface area (Å²) in [7, 11) is 0. The maximum Gasteiger partial charge on any atom is 0.261 e. The Hall–Kier alpha value is -2.43. The van der Waals surface area contributed by atoms with Crippen molar-refractivity contribution in [3.8, 4) is 0 Å². The molecule has 0 radical (unpaired) electrons. The molecule has 1 aliphatic carbocycles. The molecular weight excluding hydrogens is 326 g/mol. The number of carbonyl (C=O) groups is 1. The highest BCUT2D eigenvalue weighted by molar-refractivity contribution is 5.95. The van der Waals surface area contributed by atoms with E-state index in [0.717, 1.165) is 48.2 Å². The Morgan fingerprint density at radius 3 is 2.54 bits per heavy atom. The lowest BCUT2D eigenvalue weighted by Gasteiger charge is -2.34. The van der Waals surface area contributed by atoms with E-state index in [1.807, 2.05) is 43.9 Å². The van der Waals surface area contributed by atoms with E-state index in [1.54, 1.807) is 6.20 Å². The predicted molar refractivity (Wildman–Crippen MR) is 102 cm³/mol. The average molecular weight is 353 g/mol. The summed E-state index contributed by atoms with van der Waals surface area (Å²) >= 11 is 0. The molecule has 5 heteroatoms. The highest BCUT2D eigenvalue weighted by Crippen LogP contribution is 2.26. The van der Waals surface area contributed by atoms with Crippen molar-refractivity contribution < 1.29 is 4.79 Å². The van der Waals surface area contributed by atoms with Gasteiger partial charge in [0.05, 0.1) is 12.2 Å². The van der Waals surface area contributed by atoms with Crippen LogP contribution in [-0.4, -0.2) is 26.8 Å². The largest absolute Gasteiger partial charge is 0.330 e. The molecular formula is C21H27N3O2. The Bertz CT molecular complexity index is 836. The number of nitrogens with one attached hydrogen (secondary N) is 1. The summed E-state index contributed by atoms with van der Waals surface area (Å²) < 4.78 is 0. The Morgan fingerprint density at radius 2 is 1.88 bits per heavy atom. The van der Waals surface area contributed by atoms with Gasteiger partial charge < -0.3 is 9.88 Å². The van der Waals surface area contributed by atoms with E-state index in [0.29, 0.717) is 6.54 Å². The minimum Gasteiger partial charge on any atom is -0.330 e. The van der Waals surface area contributed by atoms with Crippen molar-refractivity contribution in [1.82, 2.24) is 14.9 Å². The van der Waals surface area contributed by atoms with Gasteiger partial charge >= 0.3 is 0 Å². The topological polar surface area (TPSA) is 66.1 Å². The lowest BCUT2D eigenvalue weighted by Crippen LogP contribution is -2.43. The Labute approximate surface area is 154 Å². The van der Waals surface area contributed by atoms with Gasteiger partial charge in [-0.05, 0) is 56.9 Å². The molecule has 2 heterocycles. The number of aromatic amines is 1. The van der Waals surface area contributed by atoms with Crippen LogP contribution in [0.25, 0.3) is 0 Å². The van der Waals surface area contributed by atoms with E-state index < -0.39 is 0 Å². The SMILES string of the molecule is Cc1[nH]c(=O)c(C(=O)N(Cc2ccccn2)C2CCCCC2)c(C)c1C. The van der Waals surface area contributed by atoms with Gasteiger partial charge in [-0.15, -0.1) is 0 Å². The summed E-state index contributed by atoms with van der Waals surface area (Å²) in [6.45, 7) is 6.12. The Balaban J connectivity index is 2.00. The molecule has 1 fully saturated rings. The van der Waals surface area contributed by atoms with Gasteiger partial charge in [-0.1, -0.05) is 25.3 Å². The van der Waals surface area contributed by atoms with Crippen molar-refractivity contribution in [3.63, 3.8) is 0 Å². The van der Waals surface area contributed by atoms with Crippen LogP contribution in [0.1, 0.15) is 65.0 Å². The lowest BCUT2D eigenvalue weighted by molar-refractivity contribution is 0.0608. The van der Waals surface area contributed by atoms with Crippen molar-refractivity contribution in [2.45, 2.75) is 65.5 Å². The van der Waals surface area contributed by atoms with Crippen molar-refractivity contribution in [3.05, 3.63) is 62.8 Å². The molecule has 1 aliphatic rings. The van der Waals surface area contributed by atoms with Crippen LogP contribution >= 0.6 is 0 Å². The molecule has 138 valence electrons. The third-order valence-corrected chi connectivity index (χ3v) is 5.58. The Kier molecular flexibility index (Phi) is 5.55. The summed E-state index contributed by atoms with van der Waals surface area (Å²) in [6.07, 6.45) is 7.18. The first-order chi connectivity index (χ1) is 12.5. The van der Waals surface area contributed by atoms with E-state index in [9.17, 15) is 9.59 Å². The molecule has 26 heavy (non-hydrogen) atoms. The number of nitrogens with zero attached hydrogens (tertiary/aromatic N) is 2. The van der Waals surface area contributed by atoms with Gasteiger partial charge in [0.2, 0.25) is 0 Å². The van der Waals surface area contributed by atoms with Crippen LogP contribution < -0.4 is 5.56 Å². The zero-order valence-corrected chi connectivity index (χ0v) is 15.8. The molecule has 0 saturated heterocycles. The predicted octanol–water partition coefficient (Wildman–Crippen LogP) is 3.67. The van der Waals surface area contributed by atoms with Gasteiger partial charge in [-0.3, -0.25) is 14.6 Å². The second-order valence-corrected chi connectivity index (χ2v) is 7.25. The molecule has 2 aromatic heterocycles. The number of pyridine rings is 2. The number of carbonyl (C=O) groups excluding carboxylic acids is 1. The molecule has 1 saturated carbocycles. The average Bonchev–Trinajstić information content (AvgIpc) is 2.65. The van der Waals surface area contributed by atoms with Crippen LogP contribution in [0.3, 0.4) is 0 Å². The van der Waals surface area contributed by atoms with Gasteiger partial charge in [0.25, 0.3) is 11.5 Å². The first kappa shape index (κ1) is 18.4. The monoisotopic (exact) mass is 353 g/mol. The number of H-pyrrole nitrogens is 1. The summed E-state index contributed by atoms with van der Waals surface area (Å²) in [4.78, 5) is 35.1. The quantitative estimate of drug-likeness (QED) is 0.912. The second kappa shape index (κ2) is 7.85. The standard InChI is InChI=1S/C21H27N3O2/c1-14-15(2)19(20(25)23-16(14)3)21(26)24(18-10-5-4-6-11-18)13-17-9-7-8-12-22-17/h7-9,12,18H,4-6,10-11,13H2,1-3H3,(H,23,25). The number of rotatable bonds is 4. The molecule has 3 rings (SSSR count). The Morgan fingerprint density at radius 1 is 1.15 bits per heavy atom. The normalized spacial score (nSPS) is 15.0. The molecule has 0 aliphatic heterocycles. The van der Waals surface area contributed by atoms with Crippen LogP contribution in [0.4, 0.5) is 0 Å². The molecule has 0 aromatic carbocycles. The lowest BCUT2D eigenvalue weighted by atomic mass is 9.93. The fourth-order valence-corrected chi connectivity index (χ4v) is 3.79. The zero-order chi connectivity index (χ0) is 18.7. The molecule has 0 unspecified atom stereocenters. The fourth-order valence-electron chi connectivity index (χ4n) is 3.79. The van der Waals surface area contributed by atoms with Crippen LogP contribution in [0.2, 0.25) is 0 Å². The van der Waals surface area contributed by atoms with Crippen LogP contribution in [-0.2, 0) is 6.54 Å². The molecule has 0 atom stereocenters. The van der Waals surface area contributed by atoms with E-state index in [1.165, 1.54) is 6.42 Å². The van der Waals surface area contributed by atoms with Crippen LogP contribution in [0.15, 0.2) is 29.2 Å². The number of amides is 1. The van der Waals surface area contributed by atoms with E-state index in [-0.39, 0.29) is 23.1 Å². The zero-order valence-electron chi connectivity index (χ0n) is 15.8. The van der Waals surface area contributed by atoms with Crippen molar-refractivity contribution in [2.24, 2.45) is 0 Å². The van der Waals surface area contributed by atoms with Gasteiger partial charge in [-0.25, -0.2) is 0 Å². The second-order valence-electron chi connectivity index (χ2n) is 7.25. The molecule has 1 N–H and O–H groups in total.